The third kappa shape index (κ3) is 3.87. The van der Waals surface area contributed by atoms with Crippen LogP contribution in [-0.2, 0) is 9.53 Å². The monoisotopic (exact) mass is 368 g/mol. The Balaban J connectivity index is 1.65. The first kappa shape index (κ1) is 17.6. The van der Waals surface area contributed by atoms with Crippen molar-refractivity contribution in [3.63, 3.8) is 0 Å². The van der Waals surface area contributed by atoms with Crippen LogP contribution in [-0.4, -0.2) is 18.0 Å². The molecule has 1 heterocycles. The van der Waals surface area contributed by atoms with Crippen LogP contribution < -0.4 is 5.32 Å². The van der Waals surface area contributed by atoms with Gasteiger partial charge in [-0.15, -0.1) is 11.3 Å². The van der Waals surface area contributed by atoms with Gasteiger partial charge < -0.3 is 10.1 Å². The minimum Gasteiger partial charge on any atom is -0.448 e. The third-order valence-corrected chi connectivity index (χ3v) is 4.71. The van der Waals surface area contributed by atoms with Crippen LogP contribution in [0.4, 0.5) is 10.1 Å². The van der Waals surface area contributed by atoms with Crippen molar-refractivity contribution >= 4 is 39.0 Å². The zero-order valence-corrected chi connectivity index (χ0v) is 14.5. The quantitative estimate of drug-likeness (QED) is 0.703. The van der Waals surface area contributed by atoms with Gasteiger partial charge in [0.05, 0.1) is 11.6 Å². The molecule has 1 amide bonds. The van der Waals surface area contributed by atoms with Gasteiger partial charge in [0.2, 0.25) is 0 Å². The molecule has 26 heavy (non-hydrogen) atoms. The summed E-state index contributed by atoms with van der Waals surface area (Å²) < 4.78 is 19.2. The van der Waals surface area contributed by atoms with Gasteiger partial charge in [0.25, 0.3) is 5.91 Å². The molecule has 2 aromatic carbocycles. The second-order valence-corrected chi connectivity index (χ2v) is 6.60. The topological polar surface area (TPSA) is 79.2 Å². The number of halogens is 1. The second-order valence-electron chi connectivity index (χ2n) is 5.52. The molecule has 0 fully saturated rings. The summed E-state index contributed by atoms with van der Waals surface area (Å²) in [4.78, 5) is 24.7. The lowest BCUT2D eigenvalue weighted by atomic mass is 10.2. The number of benzene rings is 2. The number of esters is 1. The van der Waals surface area contributed by atoms with E-state index < -0.39 is 18.0 Å². The summed E-state index contributed by atoms with van der Waals surface area (Å²) in [6.07, 6.45) is -1.01. The highest BCUT2D eigenvalue weighted by Gasteiger charge is 2.20. The summed E-state index contributed by atoms with van der Waals surface area (Å²) in [5.74, 6) is -1.52. The molecule has 0 bridgehead atoms. The number of nitriles is 1. The number of carbonyl (C=O) groups excluding carboxylic acids is 2. The van der Waals surface area contributed by atoms with Crippen LogP contribution in [0.3, 0.4) is 0 Å². The Morgan fingerprint density at radius 3 is 2.62 bits per heavy atom. The van der Waals surface area contributed by atoms with Crippen LogP contribution >= 0.6 is 11.3 Å². The van der Waals surface area contributed by atoms with Crippen LogP contribution in [0, 0.1) is 17.1 Å². The van der Waals surface area contributed by atoms with Crippen LogP contribution in [0.25, 0.3) is 10.1 Å². The first-order valence-electron chi connectivity index (χ1n) is 7.67. The molecule has 0 saturated carbocycles. The summed E-state index contributed by atoms with van der Waals surface area (Å²) in [6, 6.07) is 14.1. The summed E-state index contributed by atoms with van der Waals surface area (Å²) in [5, 5.41) is 12.0. The van der Waals surface area contributed by atoms with E-state index in [1.807, 2.05) is 6.07 Å². The molecule has 1 aromatic heterocycles. The van der Waals surface area contributed by atoms with E-state index in [4.69, 9.17) is 10.00 Å². The van der Waals surface area contributed by atoms with Gasteiger partial charge in [-0.3, -0.25) is 4.79 Å². The van der Waals surface area contributed by atoms with E-state index >= 15 is 0 Å². The van der Waals surface area contributed by atoms with Crippen LogP contribution in [0.1, 0.15) is 22.2 Å². The van der Waals surface area contributed by atoms with Crippen molar-refractivity contribution in [2.24, 2.45) is 0 Å². The van der Waals surface area contributed by atoms with Crippen LogP contribution in [0.5, 0.6) is 0 Å². The Morgan fingerprint density at radius 2 is 1.92 bits per heavy atom. The Labute approximate surface area is 152 Å². The number of carbonyl (C=O) groups is 2. The fraction of sp³-hybridized carbons (Fsp3) is 0.105. The maximum Gasteiger partial charge on any atom is 0.349 e. The van der Waals surface area contributed by atoms with Gasteiger partial charge in [0.15, 0.2) is 6.10 Å². The van der Waals surface area contributed by atoms with Gasteiger partial charge in [0, 0.05) is 10.4 Å². The molecule has 3 rings (SSSR count). The zero-order valence-electron chi connectivity index (χ0n) is 13.7. The molecule has 0 saturated heterocycles. The molecule has 0 aliphatic heterocycles. The zero-order chi connectivity index (χ0) is 18.7. The fourth-order valence-electron chi connectivity index (χ4n) is 2.26. The number of amides is 1. The van der Waals surface area contributed by atoms with Crippen LogP contribution in [0.2, 0.25) is 0 Å². The normalized spacial score (nSPS) is 11.6. The highest BCUT2D eigenvalue weighted by atomic mass is 32.1. The number of anilines is 1. The Kier molecular flexibility index (Phi) is 4.96. The summed E-state index contributed by atoms with van der Waals surface area (Å²) in [6.45, 7) is 1.46. The lowest BCUT2D eigenvalue weighted by Crippen LogP contribution is -2.29. The first-order valence-corrected chi connectivity index (χ1v) is 8.49. The number of hydrogen-bond donors (Lipinski definition) is 1. The van der Waals surface area contributed by atoms with Crippen molar-refractivity contribution in [3.8, 4) is 6.07 Å². The number of fused-ring (bicyclic) bond motifs is 1. The minimum absolute atomic E-state index is 0.295. The molecular weight excluding hydrogens is 355 g/mol. The molecule has 0 aliphatic carbocycles. The molecule has 7 heteroatoms. The number of ether oxygens (including phenoxy) is 1. The molecule has 130 valence electrons. The van der Waals surface area contributed by atoms with E-state index in [1.54, 1.807) is 30.3 Å². The molecule has 1 atom stereocenters. The van der Waals surface area contributed by atoms with Gasteiger partial charge in [-0.1, -0.05) is 0 Å². The van der Waals surface area contributed by atoms with Crippen molar-refractivity contribution in [1.82, 2.24) is 0 Å². The second kappa shape index (κ2) is 7.33. The highest BCUT2D eigenvalue weighted by molar-refractivity contribution is 7.20. The van der Waals surface area contributed by atoms with Crippen molar-refractivity contribution < 1.29 is 18.7 Å². The fourth-order valence-corrected chi connectivity index (χ4v) is 3.18. The lowest BCUT2D eigenvalue weighted by molar-refractivity contribution is -0.123. The van der Waals surface area contributed by atoms with E-state index in [2.05, 4.69) is 5.32 Å². The summed E-state index contributed by atoms with van der Waals surface area (Å²) >= 11 is 1.17. The van der Waals surface area contributed by atoms with Gasteiger partial charge in [-0.25, -0.2) is 9.18 Å². The van der Waals surface area contributed by atoms with Crippen molar-refractivity contribution in [1.29, 1.82) is 5.26 Å². The highest BCUT2D eigenvalue weighted by Crippen LogP contribution is 2.27. The largest absolute Gasteiger partial charge is 0.448 e. The van der Waals surface area contributed by atoms with Gasteiger partial charge in [-0.2, -0.15) is 5.26 Å². The number of nitrogens with one attached hydrogen (secondary N) is 1. The standard InChI is InChI=1S/C19H13FN2O3S/c1-11(18(23)22-15-5-2-12(10-21)3-6-15)25-19(24)17-9-13-8-14(20)4-7-16(13)26-17/h2-9,11H,1H3,(H,22,23)/t11-/m0/s1. The van der Waals surface area contributed by atoms with E-state index in [1.165, 1.54) is 36.5 Å². The Bertz CT molecular complexity index is 1020. The molecular formula is C19H13FN2O3S. The Hall–Kier alpha value is -3.24. The maximum absolute atomic E-state index is 13.2. The van der Waals surface area contributed by atoms with Gasteiger partial charge in [-0.05, 0) is 60.8 Å². The SMILES string of the molecule is C[C@H](OC(=O)c1cc2cc(F)ccc2s1)C(=O)Nc1ccc(C#N)cc1. The number of rotatable bonds is 4. The summed E-state index contributed by atoms with van der Waals surface area (Å²) in [7, 11) is 0. The smallest absolute Gasteiger partial charge is 0.349 e. The minimum atomic E-state index is -1.01. The lowest BCUT2D eigenvalue weighted by Gasteiger charge is -2.13. The molecule has 0 aliphatic rings. The van der Waals surface area contributed by atoms with Crippen molar-refractivity contribution in [3.05, 3.63) is 64.8 Å². The van der Waals surface area contributed by atoms with Gasteiger partial charge in [0.1, 0.15) is 10.7 Å². The molecule has 5 nitrogen and oxygen atoms in total. The Morgan fingerprint density at radius 1 is 1.19 bits per heavy atom. The molecule has 1 N–H and O–H groups in total. The number of hydrogen-bond acceptors (Lipinski definition) is 5. The molecule has 0 radical (unpaired) electrons. The molecule has 0 unspecified atom stereocenters. The molecule has 0 spiro atoms. The summed E-state index contributed by atoms with van der Waals surface area (Å²) in [5.41, 5.74) is 0.970. The van der Waals surface area contributed by atoms with E-state index in [9.17, 15) is 14.0 Å². The van der Waals surface area contributed by atoms with Crippen molar-refractivity contribution in [2.45, 2.75) is 13.0 Å². The third-order valence-electron chi connectivity index (χ3n) is 3.61. The maximum atomic E-state index is 13.2. The predicted molar refractivity (Wildman–Crippen MR) is 96.4 cm³/mol. The van der Waals surface area contributed by atoms with E-state index in [-0.39, 0.29) is 5.82 Å². The number of nitrogens with zero attached hydrogens (tertiary/aromatic N) is 1. The van der Waals surface area contributed by atoms with Crippen LogP contribution in [0.15, 0.2) is 48.5 Å². The van der Waals surface area contributed by atoms with Crippen molar-refractivity contribution in [2.75, 3.05) is 5.32 Å². The first-order chi connectivity index (χ1) is 12.5. The van der Waals surface area contributed by atoms with E-state index in [0.29, 0.717) is 21.5 Å². The average molecular weight is 368 g/mol. The average Bonchev–Trinajstić information content (AvgIpc) is 3.05. The van der Waals surface area contributed by atoms with E-state index in [0.717, 1.165) is 4.70 Å². The number of thiophene rings is 1. The molecule has 3 aromatic rings. The predicted octanol–water partition coefficient (Wildman–Crippen LogP) is 4.10. The van der Waals surface area contributed by atoms with Gasteiger partial charge >= 0.3 is 5.97 Å².